The van der Waals surface area contributed by atoms with Gasteiger partial charge in [0.1, 0.15) is 6.04 Å². The molecule has 2 aromatic carbocycles. The van der Waals surface area contributed by atoms with Crippen LogP contribution in [0.15, 0.2) is 48.5 Å². The summed E-state index contributed by atoms with van der Waals surface area (Å²) in [6, 6.07) is 14.4. The van der Waals surface area contributed by atoms with Crippen LogP contribution in [0.4, 0.5) is 10.5 Å². The first kappa shape index (κ1) is 21.1. The minimum absolute atomic E-state index is 0.0129. The van der Waals surface area contributed by atoms with E-state index in [4.69, 9.17) is 9.47 Å². The highest BCUT2D eigenvalue weighted by Gasteiger charge is 2.38. The number of anilines is 1. The van der Waals surface area contributed by atoms with Crippen molar-refractivity contribution in [2.45, 2.75) is 25.4 Å². The maximum absolute atomic E-state index is 12.8. The molecule has 0 bridgehead atoms. The predicted molar refractivity (Wildman–Crippen MR) is 120 cm³/mol. The lowest BCUT2D eigenvalue weighted by molar-refractivity contribution is -0.132. The van der Waals surface area contributed by atoms with Crippen LogP contribution in [0.1, 0.15) is 18.4 Å². The van der Waals surface area contributed by atoms with Gasteiger partial charge in [-0.25, -0.2) is 4.79 Å². The molecule has 0 aromatic heterocycles. The number of piperazine rings is 1. The number of ether oxygens (including phenoxy) is 2. The summed E-state index contributed by atoms with van der Waals surface area (Å²) >= 11 is 0. The van der Waals surface area contributed by atoms with Crippen molar-refractivity contribution in [3.05, 3.63) is 54.1 Å². The highest BCUT2D eigenvalue weighted by atomic mass is 16.7. The summed E-state index contributed by atoms with van der Waals surface area (Å²) in [6.07, 6.45) is 0.514. The first-order valence-electron chi connectivity index (χ1n) is 11.2. The van der Waals surface area contributed by atoms with Crippen LogP contribution >= 0.6 is 0 Å². The molecule has 0 saturated carbocycles. The van der Waals surface area contributed by atoms with Crippen LogP contribution in [0.3, 0.4) is 0 Å². The first-order chi connectivity index (χ1) is 16.1. The van der Waals surface area contributed by atoms with E-state index in [2.05, 4.69) is 22.3 Å². The lowest BCUT2D eigenvalue weighted by Crippen LogP contribution is -2.49. The Balaban J connectivity index is 1.11. The van der Waals surface area contributed by atoms with E-state index >= 15 is 0 Å². The number of hydrogen-bond acceptors (Lipinski definition) is 6. The molecular formula is C24H26N4O5. The molecule has 2 saturated heterocycles. The Morgan fingerprint density at radius 1 is 0.970 bits per heavy atom. The fourth-order valence-electron chi connectivity index (χ4n) is 4.42. The van der Waals surface area contributed by atoms with Gasteiger partial charge in [0, 0.05) is 38.3 Å². The molecule has 4 amide bonds. The third-order valence-electron chi connectivity index (χ3n) is 6.29. The van der Waals surface area contributed by atoms with Gasteiger partial charge in [-0.2, -0.15) is 0 Å². The van der Waals surface area contributed by atoms with Crippen molar-refractivity contribution in [1.82, 2.24) is 15.1 Å². The topological polar surface area (TPSA) is 91.4 Å². The number of benzene rings is 2. The van der Waals surface area contributed by atoms with E-state index in [1.807, 2.05) is 23.1 Å². The Kier molecular flexibility index (Phi) is 5.77. The van der Waals surface area contributed by atoms with Crippen molar-refractivity contribution < 1.29 is 23.9 Å². The molecule has 1 atom stereocenters. The summed E-state index contributed by atoms with van der Waals surface area (Å²) in [4.78, 5) is 43.2. The second-order valence-corrected chi connectivity index (χ2v) is 8.36. The summed E-state index contributed by atoms with van der Waals surface area (Å²) in [5, 5.41) is 2.72. The minimum atomic E-state index is -0.680. The Bertz CT molecular complexity index is 1050. The number of fused-ring (bicyclic) bond motifs is 1. The highest BCUT2D eigenvalue weighted by molar-refractivity contribution is 6.04. The van der Waals surface area contributed by atoms with Gasteiger partial charge in [0.05, 0.1) is 6.54 Å². The van der Waals surface area contributed by atoms with Gasteiger partial charge >= 0.3 is 6.03 Å². The zero-order valence-corrected chi connectivity index (χ0v) is 18.2. The van der Waals surface area contributed by atoms with Crippen LogP contribution in [0.2, 0.25) is 0 Å². The summed E-state index contributed by atoms with van der Waals surface area (Å²) in [5.74, 6) is 0.962. The molecule has 3 heterocycles. The summed E-state index contributed by atoms with van der Waals surface area (Å²) in [6.45, 7) is 3.16. The van der Waals surface area contributed by atoms with E-state index in [0.29, 0.717) is 31.0 Å². The molecule has 1 N–H and O–H groups in total. The van der Waals surface area contributed by atoms with Crippen LogP contribution in [0.25, 0.3) is 0 Å². The number of para-hydroxylation sites is 1. The maximum atomic E-state index is 12.8. The number of nitrogens with zero attached hydrogens (tertiary/aromatic N) is 3. The smallest absolute Gasteiger partial charge is 0.325 e. The molecule has 33 heavy (non-hydrogen) atoms. The van der Waals surface area contributed by atoms with Crippen molar-refractivity contribution in [2.24, 2.45) is 0 Å². The number of nitrogens with one attached hydrogen (secondary N) is 1. The monoisotopic (exact) mass is 450 g/mol. The van der Waals surface area contributed by atoms with E-state index < -0.39 is 12.1 Å². The molecule has 2 fully saturated rings. The quantitative estimate of drug-likeness (QED) is 0.677. The molecule has 0 aliphatic carbocycles. The van der Waals surface area contributed by atoms with Gasteiger partial charge in [0.2, 0.25) is 12.7 Å². The zero-order valence-electron chi connectivity index (χ0n) is 18.2. The first-order valence-corrected chi connectivity index (χ1v) is 11.2. The average Bonchev–Trinajstić information content (AvgIpc) is 3.42. The third kappa shape index (κ3) is 4.44. The minimum Gasteiger partial charge on any atom is -0.454 e. The van der Waals surface area contributed by atoms with Gasteiger partial charge in [0.15, 0.2) is 11.5 Å². The van der Waals surface area contributed by atoms with Crippen molar-refractivity contribution in [2.75, 3.05) is 37.9 Å². The number of amides is 4. The average molecular weight is 450 g/mol. The van der Waals surface area contributed by atoms with Crippen molar-refractivity contribution >= 4 is 23.5 Å². The number of rotatable bonds is 6. The lowest BCUT2D eigenvalue weighted by atomic mass is 10.1. The van der Waals surface area contributed by atoms with Crippen LogP contribution in [-0.2, 0) is 16.1 Å². The molecule has 9 heteroatoms. The maximum Gasteiger partial charge on any atom is 0.325 e. The van der Waals surface area contributed by atoms with Crippen molar-refractivity contribution in [3.8, 4) is 11.5 Å². The Morgan fingerprint density at radius 3 is 2.52 bits per heavy atom. The lowest BCUT2D eigenvalue weighted by Gasteiger charge is -2.36. The second kappa shape index (κ2) is 9.01. The number of imide groups is 1. The molecule has 0 spiro atoms. The predicted octanol–water partition coefficient (Wildman–Crippen LogP) is 1.96. The summed E-state index contributed by atoms with van der Waals surface area (Å²) in [5.41, 5.74) is 1.93. The van der Waals surface area contributed by atoms with E-state index in [9.17, 15) is 14.4 Å². The van der Waals surface area contributed by atoms with Gasteiger partial charge in [-0.3, -0.25) is 14.5 Å². The summed E-state index contributed by atoms with van der Waals surface area (Å²) in [7, 11) is 0. The molecular weight excluding hydrogens is 424 g/mol. The number of hydrogen-bond donors (Lipinski definition) is 1. The van der Waals surface area contributed by atoms with E-state index in [-0.39, 0.29) is 31.6 Å². The molecule has 3 aliphatic rings. The number of carbonyl (C=O) groups is 3. The largest absolute Gasteiger partial charge is 0.454 e. The van der Waals surface area contributed by atoms with E-state index in [1.54, 1.807) is 18.2 Å². The molecule has 2 aromatic rings. The Labute approximate surface area is 191 Å². The fourth-order valence-corrected chi connectivity index (χ4v) is 4.42. The van der Waals surface area contributed by atoms with Crippen molar-refractivity contribution in [1.29, 1.82) is 0 Å². The SMILES string of the molecule is O=C(CCC1NC(=O)N(Cc2ccc3c(c2)OCO3)C1=O)N1CCN(c2ccccc2)CC1. The van der Waals surface area contributed by atoms with Gasteiger partial charge < -0.3 is 24.6 Å². The normalized spacial score (nSPS) is 19.8. The van der Waals surface area contributed by atoms with Crippen LogP contribution in [0, 0.1) is 0 Å². The fraction of sp³-hybridized carbons (Fsp3) is 0.375. The summed E-state index contributed by atoms with van der Waals surface area (Å²) < 4.78 is 10.7. The Hall–Kier alpha value is -3.75. The van der Waals surface area contributed by atoms with Crippen molar-refractivity contribution in [3.63, 3.8) is 0 Å². The van der Waals surface area contributed by atoms with Gasteiger partial charge in [-0.1, -0.05) is 24.3 Å². The molecule has 172 valence electrons. The molecule has 0 radical (unpaired) electrons. The van der Waals surface area contributed by atoms with Gasteiger partial charge in [0.25, 0.3) is 5.91 Å². The Morgan fingerprint density at radius 2 is 1.73 bits per heavy atom. The number of urea groups is 1. The number of carbonyl (C=O) groups excluding carboxylic acids is 3. The van der Waals surface area contributed by atoms with Gasteiger partial charge in [-0.15, -0.1) is 0 Å². The molecule has 1 unspecified atom stereocenters. The second-order valence-electron chi connectivity index (χ2n) is 8.36. The van der Waals surface area contributed by atoms with Gasteiger partial charge in [-0.05, 0) is 36.2 Å². The zero-order chi connectivity index (χ0) is 22.8. The van der Waals surface area contributed by atoms with E-state index in [0.717, 1.165) is 24.3 Å². The van der Waals surface area contributed by atoms with Crippen LogP contribution < -0.4 is 19.7 Å². The highest BCUT2D eigenvalue weighted by Crippen LogP contribution is 2.33. The van der Waals surface area contributed by atoms with Crippen LogP contribution in [-0.4, -0.2) is 66.7 Å². The van der Waals surface area contributed by atoms with E-state index in [1.165, 1.54) is 4.90 Å². The van der Waals surface area contributed by atoms with Crippen LogP contribution in [0.5, 0.6) is 11.5 Å². The molecule has 3 aliphatic heterocycles. The molecule has 9 nitrogen and oxygen atoms in total. The molecule has 5 rings (SSSR count). The standard InChI is InChI=1S/C24H26N4O5/c29-22(27-12-10-26(11-13-27)18-4-2-1-3-5-18)9-7-19-23(30)28(24(31)25-19)15-17-6-8-20-21(14-17)33-16-32-20/h1-6,8,14,19H,7,9-13,15-16H2,(H,25,31). The third-order valence-corrected chi connectivity index (χ3v) is 6.29.